The molecule has 4 atom stereocenters. The number of carboxylic acid groups (broad SMARTS) is 1. The Hall–Kier alpha value is -2.98. The highest BCUT2D eigenvalue weighted by atomic mass is 32.1. The van der Waals surface area contributed by atoms with Crippen LogP contribution in [0.5, 0.6) is 0 Å². The highest BCUT2D eigenvalue weighted by Gasteiger charge is 2.30. The quantitative estimate of drug-likeness (QED) is 0.0484. The number of carbonyl (C=O) groups excluding carboxylic acids is 3. The van der Waals surface area contributed by atoms with Crippen LogP contribution < -0.4 is 33.2 Å². The lowest BCUT2D eigenvalue weighted by molar-refractivity contribution is -0.142. The Bertz CT molecular complexity index is 849. The molecule has 190 valence electrons. The molecule has 0 aliphatic heterocycles. The van der Waals surface area contributed by atoms with Crippen molar-refractivity contribution in [2.24, 2.45) is 22.2 Å². The van der Waals surface area contributed by atoms with Gasteiger partial charge in [-0.25, -0.2) is 9.78 Å². The summed E-state index contributed by atoms with van der Waals surface area (Å²) in [6.45, 7) is 0.193. The number of hydrogen-bond donors (Lipinski definition) is 10. The summed E-state index contributed by atoms with van der Waals surface area (Å²) in [7, 11) is 0. The standard InChI is InChI=1S/C18H31N9O5S2/c19-10(6-33)14(28)26-12(4-9-5-22-8-24-9)15(29)27-13(7-34)16(30)25-11(17(31)32)2-1-3-23-18(20)21/h5,8,10-13,33-34H,1-4,6-7,19H2,(H,22,24)(H,25,30)(H,26,28)(H,27,29)(H,31,32)(H4,20,21,23). The maximum atomic E-state index is 12.9. The van der Waals surface area contributed by atoms with Crippen molar-refractivity contribution in [1.82, 2.24) is 25.9 Å². The maximum absolute atomic E-state index is 12.9. The first-order chi connectivity index (χ1) is 16.1. The number of rotatable bonds is 15. The van der Waals surface area contributed by atoms with Crippen molar-refractivity contribution < 1.29 is 24.3 Å². The third kappa shape index (κ3) is 10.3. The van der Waals surface area contributed by atoms with E-state index in [9.17, 15) is 24.3 Å². The maximum Gasteiger partial charge on any atom is 0.326 e. The van der Waals surface area contributed by atoms with Gasteiger partial charge in [0.2, 0.25) is 17.7 Å². The molecule has 16 heteroatoms. The minimum atomic E-state index is -1.26. The molecule has 14 nitrogen and oxygen atoms in total. The number of amides is 3. The summed E-state index contributed by atoms with van der Waals surface area (Å²) in [6.07, 6.45) is 3.30. The first-order valence-corrected chi connectivity index (χ1v) is 11.5. The van der Waals surface area contributed by atoms with Gasteiger partial charge in [-0.3, -0.25) is 19.4 Å². The summed E-state index contributed by atoms with van der Waals surface area (Å²) in [6, 6.07) is -4.44. The van der Waals surface area contributed by atoms with E-state index >= 15 is 0 Å². The van der Waals surface area contributed by atoms with Crippen molar-refractivity contribution in [3.63, 3.8) is 0 Å². The molecule has 34 heavy (non-hydrogen) atoms. The van der Waals surface area contributed by atoms with Crippen LogP contribution in [0.4, 0.5) is 0 Å². The van der Waals surface area contributed by atoms with Crippen LogP contribution in [0.3, 0.4) is 0 Å². The topological polar surface area (TPSA) is 244 Å². The first-order valence-electron chi connectivity index (χ1n) is 10.2. The molecule has 4 unspecified atom stereocenters. The second kappa shape index (κ2) is 15.0. The van der Waals surface area contributed by atoms with E-state index in [2.05, 4.69) is 56.2 Å². The summed E-state index contributed by atoms with van der Waals surface area (Å²) >= 11 is 8.06. The molecular weight excluding hydrogens is 486 g/mol. The number of H-pyrrole nitrogens is 1. The summed E-state index contributed by atoms with van der Waals surface area (Å²) in [4.78, 5) is 59.7. The molecule has 11 N–H and O–H groups in total. The Labute approximate surface area is 207 Å². The fourth-order valence-corrected chi connectivity index (χ4v) is 3.11. The number of hydrogen-bond acceptors (Lipinski definition) is 9. The first kappa shape index (κ1) is 29.1. The molecule has 0 fully saturated rings. The average Bonchev–Trinajstić information content (AvgIpc) is 3.30. The van der Waals surface area contributed by atoms with Crippen LogP contribution in [0.25, 0.3) is 0 Å². The summed E-state index contributed by atoms with van der Waals surface area (Å²) < 4.78 is 0. The summed E-state index contributed by atoms with van der Waals surface area (Å²) in [5.41, 5.74) is 16.7. The number of guanidine groups is 1. The molecule has 0 aliphatic carbocycles. The third-order valence-corrected chi connectivity index (χ3v) is 5.28. The molecule has 0 radical (unpaired) electrons. The van der Waals surface area contributed by atoms with E-state index in [1.165, 1.54) is 12.5 Å². The zero-order chi connectivity index (χ0) is 25.7. The lowest BCUT2D eigenvalue weighted by Gasteiger charge is -2.24. The fourth-order valence-electron chi connectivity index (χ4n) is 2.69. The number of carboxylic acids is 1. The van der Waals surface area contributed by atoms with Gasteiger partial charge in [0.15, 0.2) is 5.96 Å². The zero-order valence-corrected chi connectivity index (χ0v) is 20.1. The van der Waals surface area contributed by atoms with E-state index in [0.29, 0.717) is 12.1 Å². The van der Waals surface area contributed by atoms with E-state index in [1.54, 1.807) is 0 Å². The van der Waals surface area contributed by atoms with Gasteiger partial charge in [-0.1, -0.05) is 0 Å². The molecule has 0 saturated carbocycles. The smallest absolute Gasteiger partial charge is 0.326 e. The number of nitrogens with one attached hydrogen (secondary N) is 4. The van der Waals surface area contributed by atoms with Crippen molar-refractivity contribution in [3.05, 3.63) is 18.2 Å². The van der Waals surface area contributed by atoms with Gasteiger partial charge < -0.3 is 43.2 Å². The van der Waals surface area contributed by atoms with Gasteiger partial charge >= 0.3 is 5.97 Å². The van der Waals surface area contributed by atoms with Crippen LogP contribution in [0.2, 0.25) is 0 Å². The lowest BCUT2D eigenvalue weighted by Crippen LogP contribution is -2.58. The van der Waals surface area contributed by atoms with Crippen LogP contribution in [0.1, 0.15) is 18.5 Å². The van der Waals surface area contributed by atoms with E-state index < -0.39 is 47.9 Å². The predicted molar refractivity (Wildman–Crippen MR) is 131 cm³/mol. The highest BCUT2D eigenvalue weighted by molar-refractivity contribution is 7.80. The number of aromatic amines is 1. The molecule has 0 saturated heterocycles. The average molecular weight is 518 g/mol. The van der Waals surface area contributed by atoms with Gasteiger partial charge in [-0.2, -0.15) is 25.3 Å². The molecule has 1 heterocycles. The van der Waals surface area contributed by atoms with E-state index in [4.69, 9.17) is 17.2 Å². The third-order valence-electron chi connectivity index (χ3n) is 4.52. The van der Waals surface area contributed by atoms with Crippen LogP contribution in [0, 0.1) is 0 Å². The van der Waals surface area contributed by atoms with Crippen LogP contribution in [-0.4, -0.2) is 86.9 Å². The van der Waals surface area contributed by atoms with Gasteiger partial charge in [0.05, 0.1) is 12.4 Å². The van der Waals surface area contributed by atoms with E-state index in [-0.39, 0.29) is 36.9 Å². The minimum Gasteiger partial charge on any atom is -0.480 e. The molecule has 0 aromatic carbocycles. The minimum absolute atomic E-state index is 0.0420. The van der Waals surface area contributed by atoms with Gasteiger partial charge in [0, 0.05) is 36.4 Å². The Morgan fingerprint density at radius 2 is 1.65 bits per heavy atom. The molecule has 0 spiro atoms. The second-order valence-corrected chi connectivity index (χ2v) is 7.95. The Morgan fingerprint density at radius 1 is 1.03 bits per heavy atom. The number of carbonyl (C=O) groups is 4. The van der Waals surface area contributed by atoms with Gasteiger partial charge in [0.25, 0.3) is 0 Å². The van der Waals surface area contributed by atoms with Crippen LogP contribution >= 0.6 is 25.3 Å². The molecule has 1 aromatic rings. The van der Waals surface area contributed by atoms with Gasteiger partial charge in [-0.15, -0.1) is 0 Å². The number of nitrogens with zero attached hydrogens (tertiary/aromatic N) is 2. The van der Waals surface area contributed by atoms with Crippen molar-refractivity contribution in [2.75, 3.05) is 18.1 Å². The normalized spacial score (nSPS) is 14.2. The predicted octanol–water partition coefficient (Wildman–Crippen LogP) is -3.27. The number of aliphatic carboxylic acids is 1. The second-order valence-electron chi connectivity index (χ2n) is 7.22. The molecule has 1 aromatic heterocycles. The van der Waals surface area contributed by atoms with Gasteiger partial charge in [-0.05, 0) is 12.8 Å². The molecule has 1 rings (SSSR count). The Kier molecular flexibility index (Phi) is 12.8. The monoisotopic (exact) mass is 517 g/mol. The Morgan fingerprint density at radius 3 is 2.18 bits per heavy atom. The number of aromatic nitrogens is 2. The number of thiol groups is 2. The number of nitrogens with two attached hydrogens (primary N) is 3. The highest BCUT2D eigenvalue weighted by Crippen LogP contribution is 2.03. The van der Waals surface area contributed by atoms with Crippen molar-refractivity contribution in [3.8, 4) is 0 Å². The van der Waals surface area contributed by atoms with Gasteiger partial charge in [0.1, 0.15) is 18.1 Å². The van der Waals surface area contributed by atoms with Crippen molar-refractivity contribution >= 4 is 54.9 Å². The molecule has 3 amide bonds. The number of imidazole rings is 1. The number of aliphatic imine (C=N–C) groups is 1. The SMILES string of the molecule is NC(N)=NCCCC(NC(=O)C(CS)NC(=O)C(Cc1cnc[nH]1)NC(=O)C(N)CS)C(=O)O. The largest absolute Gasteiger partial charge is 0.480 e. The summed E-state index contributed by atoms with van der Waals surface area (Å²) in [5.74, 6) is -3.49. The fraction of sp³-hybridized carbons (Fsp3) is 0.556. The molecule has 0 bridgehead atoms. The molecular formula is C18H31N9O5S2. The lowest BCUT2D eigenvalue weighted by atomic mass is 10.1. The Balaban J connectivity index is 2.84. The molecule has 0 aliphatic rings. The van der Waals surface area contributed by atoms with Crippen LogP contribution in [-0.2, 0) is 25.6 Å². The van der Waals surface area contributed by atoms with Crippen molar-refractivity contribution in [1.29, 1.82) is 0 Å². The van der Waals surface area contributed by atoms with E-state index in [0.717, 1.165) is 0 Å². The van der Waals surface area contributed by atoms with Crippen molar-refractivity contribution in [2.45, 2.75) is 43.4 Å². The summed E-state index contributed by atoms with van der Waals surface area (Å²) in [5, 5.41) is 16.8. The van der Waals surface area contributed by atoms with E-state index in [1.807, 2.05) is 0 Å². The van der Waals surface area contributed by atoms with Crippen LogP contribution in [0.15, 0.2) is 17.5 Å². The zero-order valence-electron chi connectivity index (χ0n) is 18.3.